The van der Waals surface area contributed by atoms with E-state index in [0.717, 1.165) is 25.0 Å². The lowest BCUT2D eigenvalue weighted by Gasteiger charge is -2.22. The highest BCUT2D eigenvalue weighted by atomic mass is 28.4. The average Bonchev–Trinajstić information content (AvgIpc) is 2.37. The van der Waals surface area contributed by atoms with Crippen molar-refractivity contribution in [1.82, 2.24) is 0 Å². The van der Waals surface area contributed by atoms with Gasteiger partial charge in [-0.25, -0.2) is 0 Å². The van der Waals surface area contributed by atoms with E-state index in [0.29, 0.717) is 0 Å². The first-order chi connectivity index (χ1) is 5.17. The maximum absolute atomic E-state index is 5.66. The first-order valence-electron chi connectivity index (χ1n) is 4.14. The fraction of sp³-hybridized carbons (Fsp3) is 0.750. The van der Waals surface area contributed by atoms with E-state index in [2.05, 4.69) is 19.2 Å². The van der Waals surface area contributed by atoms with Crippen LogP contribution in [0.1, 0.15) is 13.3 Å². The molecule has 0 aromatic carbocycles. The summed E-state index contributed by atoms with van der Waals surface area (Å²) in [6.45, 7) is 8.02. The van der Waals surface area contributed by atoms with Gasteiger partial charge in [-0.15, -0.1) is 0 Å². The van der Waals surface area contributed by atoms with E-state index in [1.807, 2.05) is 6.92 Å². The molecule has 64 valence electrons. The molecule has 1 rings (SSSR count). The molecule has 0 aromatic rings. The monoisotopic (exact) mass is 172 g/mol. The van der Waals surface area contributed by atoms with Crippen molar-refractivity contribution in [3.05, 3.63) is 11.5 Å². The molecule has 0 N–H and O–H groups in total. The van der Waals surface area contributed by atoms with Gasteiger partial charge in [0.2, 0.25) is 0 Å². The molecule has 0 bridgehead atoms. The van der Waals surface area contributed by atoms with Gasteiger partial charge in [0.1, 0.15) is 5.38 Å². The molecule has 0 aromatic heterocycles. The van der Waals surface area contributed by atoms with Gasteiger partial charge in [-0.1, -0.05) is 0 Å². The Morgan fingerprint density at radius 2 is 2.36 bits per heavy atom. The third kappa shape index (κ3) is 2.07. The molecule has 0 aliphatic carbocycles. The van der Waals surface area contributed by atoms with Crippen LogP contribution in [-0.4, -0.2) is 21.5 Å². The van der Waals surface area contributed by atoms with Crippen LogP contribution in [0.3, 0.4) is 0 Å². The molecule has 0 radical (unpaired) electrons. The maximum atomic E-state index is 5.66. The molecular formula is C8H16O2Si. The van der Waals surface area contributed by atoms with E-state index < -0.39 is 8.32 Å². The average molecular weight is 172 g/mol. The predicted octanol–water partition coefficient (Wildman–Crippen LogP) is 2.07. The lowest BCUT2D eigenvalue weighted by atomic mass is 10.5. The quantitative estimate of drug-likeness (QED) is 0.607. The molecule has 0 spiro atoms. The van der Waals surface area contributed by atoms with Crippen molar-refractivity contribution in [2.45, 2.75) is 26.4 Å². The molecule has 0 saturated heterocycles. The molecule has 11 heavy (non-hydrogen) atoms. The van der Waals surface area contributed by atoms with Gasteiger partial charge in [-0.3, -0.25) is 0 Å². The Morgan fingerprint density at radius 3 is 2.82 bits per heavy atom. The maximum Gasteiger partial charge on any atom is 0.256 e. The molecule has 0 amide bonds. The second-order valence-corrected chi connectivity index (χ2v) is 6.95. The summed E-state index contributed by atoms with van der Waals surface area (Å²) in [5.41, 5.74) is 0. The second-order valence-electron chi connectivity index (χ2n) is 3.15. The molecule has 0 saturated carbocycles. The van der Waals surface area contributed by atoms with Crippen molar-refractivity contribution in [1.29, 1.82) is 0 Å². The zero-order valence-electron chi connectivity index (χ0n) is 7.52. The topological polar surface area (TPSA) is 18.5 Å². The third-order valence-electron chi connectivity index (χ3n) is 1.80. The summed E-state index contributed by atoms with van der Waals surface area (Å²) in [5, 5.41) is 1.12. The Bertz CT molecular complexity index is 163. The number of ether oxygens (including phenoxy) is 1. The summed E-state index contributed by atoms with van der Waals surface area (Å²) in [5.74, 6) is 0. The zero-order chi connectivity index (χ0) is 8.32. The largest absolute Gasteiger partial charge is 0.500 e. The van der Waals surface area contributed by atoms with E-state index in [9.17, 15) is 0 Å². The fourth-order valence-corrected chi connectivity index (χ4v) is 3.22. The van der Waals surface area contributed by atoms with Crippen LogP contribution in [0.4, 0.5) is 0 Å². The van der Waals surface area contributed by atoms with Gasteiger partial charge in [0, 0.05) is 13.0 Å². The second kappa shape index (κ2) is 3.41. The number of rotatable bonds is 3. The van der Waals surface area contributed by atoms with Gasteiger partial charge >= 0.3 is 0 Å². The molecule has 2 nitrogen and oxygen atoms in total. The summed E-state index contributed by atoms with van der Waals surface area (Å²) in [6, 6.07) is 0. The minimum atomic E-state index is -1.63. The lowest BCUT2D eigenvalue weighted by molar-refractivity contribution is 0.240. The van der Waals surface area contributed by atoms with Gasteiger partial charge in [0.25, 0.3) is 8.32 Å². The van der Waals surface area contributed by atoms with Crippen LogP contribution in [0.25, 0.3) is 0 Å². The first kappa shape index (κ1) is 8.81. The fourth-order valence-electron chi connectivity index (χ4n) is 1.27. The normalized spacial score (nSPS) is 17.9. The summed E-state index contributed by atoms with van der Waals surface area (Å²) < 4.78 is 11.1. The van der Waals surface area contributed by atoms with Crippen molar-refractivity contribution in [3.63, 3.8) is 0 Å². The van der Waals surface area contributed by atoms with E-state index >= 15 is 0 Å². The molecule has 0 atom stereocenters. The Morgan fingerprint density at radius 1 is 1.64 bits per heavy atom. The zero-order valence-corrected chi connectivity index (χ0v) is 8.52. The molecular weight excluding hydrogens is 156 g/mol. The van der Waals surface area contributed by atoms with Crippen LogP contribution in [-0.2, 0) is 9.16 Å². The molecule has 1 heterocycles. The van der Waals surface area contributed by atoms with Crippen molar-refractivity contribution in [2.24, 2.45) is 0 Å². The minimum Gasteiger partial charge on any atom is -0.500 e. The molecule has 3 heteroatoms. The van der Waals surface area contributed by atoms with Crippen molar-refractivity contribution >= 4 is 8.32 Å². The predicted molar refractivity (Wildman–Crippen MR) is 47.8 cm³/mol. The van der Waals surface area contributed by atoms with Gasteiger partial charge in [0.05, 0.1) is 6.61 Å². The molecule has 1 aliphatic rings. The Kier molecular flexibility index (Phi) is 2.73. The summed E-state index contributed by atoms with van der Waals surface area (Å²) in [7, 11) is -1.63. The van der Waals surface area contributed by atoms with Crippen LogP contribution in [0.2, 0.25) is 13.1 Å². The van der Waals surface area contributed by atoms with Crippen LogP contribution in [0.15, 0.2) is 11.5 Å². The summed E-state index contributed by atoms with van der Waals surface area (Å²) >= 11 is 0. The molecule has 1 aliphatic heterocycles. The van der Waals surface area contributed by atoms with Gasteiger partial charge < -0.3 is 9.16 Å². The summed E-state index contributed by atoms with van der Waals surface area (Å²) in [4.78, 5) is 0. The Hall–Kier alpha value is -0.283. The number of hydrogen-bond acceptors (Lipinski definition) is 2. The molecule has 0 fully saturated rings. The van der Waals surface area contributed by atoms with Crippen molar-refractivity contribution in [2.75, 3.05) is 13.2 Å². The van der Waals surface area contributed by atoms with E-state index in [1.165, 1.54) is 0 Å². The highest BCUT2D eigenvalue weighted by Crippen LogP contribution is 2.22. The van der Waals surface area contributed by atoms with Crippen LogP contribution in [0.5, 0.6) is 0 Å². The third-order valence-corrected chi connectivity index (χ3v) is 4.35. The lowest BCUT2D eigenvalue weighted by Crippen LogP contribution is -2.33. The van der Waals surface area contributed by atoms with E-state index in [1.54, 1.807) is 0 Å². The van der Waals surface area contributed by atoms with Crippen molar-refractivity contribution in [3.8, 4) is 0 Å². The highest BCUT2D eigenvalue weighted by Gasteiger charge is 2.31. The van der Waals surface area contributed by atoms with E-state index in [-0.39, 0.29) is 0 Å². The van der Waals surface area contributed by atoms with Gasteiger partial charge in [0.15, 0.2) is 0 Å². The van der Waals surface area contributed by atoms with Crippen LogP contribution < -0.4 is 0 Å². The standard InChI is InChI=1S/C8H16O2Si/c1-4-10-11(2,3)8-6-5-7-9-8/h6H,4-5,7H2,1-3H3. The van der Waals surface area contributed by atoms with Gasteiger partial charge in [-0.2, -0.15) is 0 Å². The van der Waals surface area contributed by atoms with Crippen molar-refractivity contribution < 1.29 is 9.16 Å². The first-order valence-corrected chi connectivity index (χ1v) is 7.05. The summed E-state index contributed by atoms with van der Waals surface area (Å²) in [6.07, 6.45) is 3.22. The number of hydrogen-bond donors (Lipinski definition) is 0. The molecule has 0 unspecified atom stereocenters. The van der Waals surface area contributed by atoms with Crippen LogP contribution >= 0.6 is 0 Å². The van der Waals surface area contributed by atoms with Gasteiger partial charge in [-0.05, 0) is 26.1 Å². The SMILES string of the molecule is CCO[Si](C)(C)C1=CCCO1. The Balaban J connectivity index is 2.55. The van der Waals surface area contributed by atoms with Crippen LogP contribution in [0, 0.1) is 0 Å². The Labute approximate surface area is 69.3 Å². The van der Waals surface area contributed by atoms with E-state index in [4.69, 9.17) is 9.16 Å². The highest BCUT2D eigenvalue weighted by molar-refractivity contribution is 6.77. The smallest absolute Gasteiger partial charge is 0.256 e. The minimum absolute atomic E-state index is 0.792.